The molecular weight excluding hydrogens is 240 g/mol. The van der Waals surface area contributed by atoms with Crippen LogP contribution in [0.15, 0.2) is 24.3 Å². The van der Waals surface area contributed by atoms with E-state index in [-0.39, 0.29) is 0 Å². The van der Waals surface area contributed by atoms with Crippen molar-refractivity contribution in [3.8, 4) is 0 Å². The van der Waals surface area contributed by atoms with Gasteiger partial charge in [-0.05, 0) is 31.0 Å². The molecule has 18 heavy (non-hydrogen) atoms. The Balaban J connectivity index is 2.00. The van der Waals surface area contributed by atoms with E-state index in [0.29, 0.717) is 12.0 Å². The maximum atomic E-state index is 4.69. The quantitative estimate of drug-likeness (QED) is 0.855. The molecule has 0 radical (unpaired) electrons. The predicted molar refractivity (Wildman–Crippen MR) is 80.2 cm³/mol. The van der Waals surface area contributed by atoms with Crippen molar-refractivity contribution in [1.29, 1.82) is 0 Å². The van der Waals surface area contributed by atoms with Gasteiger partial charge in [0.2, 0.25) is 0 Å². The van der Waals surface area contributed by atoms with Crippen molar-refractivity contribution in [2.24, 2.45) is 5.92 Å². The molecule has 0 fully saturated rings. The molecule has 1 N–H and O–H groups in total. The molecule has 2 nitrogen and oxygen atoms in total. The van der Waals surface area contributed by atoms with E-state index >= 15 is 0 Å². The largest absolute Gasteiger partial charge is 0.314 e. The van der Waals surface area contributed by atoms with Crippen LogP contribution in [-0.2, 0) is 6.42 Å². The van der Waals surface area contributed by atoms with E-state index in [4.69, 9.17) is 4.98 Å². The molecule has 1 aromatic heterocycles. The van der Waals surface area contributed by atoms with Gasteiger partial charge in [-0.1, -0.05) is 32.9 Å². The van der Waals surface area contributed by atoms with Crippen LogP contribution in [0.5, 0.6) is 0 Å². The van der Waals surface area contributed by atoms with Gasteiger partial charge in [0.1, 0.15) is 0 Å². The maximum Gasteiger partial charge on any atom is 0.0939 e. The number of hydrogen-bond acceptors (Lipinski definition) is 3. The van der Waals surface area contributed by atoms with Crippen LogP contribution < -0.4 is 5.32 Å². The average molecular weight is 262 g/mol. The lowest BCUT2D eigenvalue weighted by atomic mass is 9.99. The summed E-state index contributed by atoms with van der Waals surface area (Å²) < 4.78 is 1.30. The van der Waals surface area contributed by atoms with E-state index in [2.05, 4.69) is 50.4 Å². The molecule has 1 aromatic carbocycles. The molecule has 0 aliphatic rings. The zero-order valence-corrected chi connectivity index (χ0v) is 12.3. The van der Waals surface area contributed by atoms with Crippen molar-refractivity contribution in [2.45, 2.75) is 39.7 Å². The molecule has 98 valence electrons. The Bertz CT molecular complexity index is 457. The Kier molecular flexibility index (Phi) is 4.72. The Hall–Kier alpha value is -0.930. The fourth-order valence-corrected chi connectivity index (χ4v) is 3.22. The number of aromatic nitrogens is 1. The molecular formula is C15H22N2S. The minimum absolute atomic E-state index is 0.599. The highest BCUT2D eigenvalue weighted by atomic mass is 32.1. The van der Waals surface area contributed by atoms with Crippen LogP contribution in [0.2, 0.25) is 0 Å². The van der Waals surface area contributed by atoms with Crippen LogP contribution in [0.4, 0.5) is 0 Å². The number of hydrogen-bond donors (Lipinski definition) is 1. The van der Waals surface area contributed by atoms with Gasteiger partial charge in [-0.3, -0.25) is 0 Å². The first-order valence-electron chi connectivity index (χ1n) is 6.78. The van der Waals surface area contributed by atoms with Gasteiger partial charge in [0.25, 0.3) is 0 Å². The molecule has 0 spiro atoms. The molecule has 2 rings (SSSR count). The Morgan fingerprint density at radius 1 is 1.28 bits per heavy atom. The molecule has 3 heteroatoms. The van der Waals surface area contributed by atoms with Gasteiger partial charge in [-0.15, -0.1) is 11.3 Å². The lowest BCUT2D eigenvalue weighted by Gasteiger charge is -2.21. The molecule has 1 heterocycles. The number of nitrogens with one attached hydrogen (secondary N) is 1. The third-order valence-electron chi connectivity index (χ3n) is 3.28. The summed E-state index contributed by atoms with van der Waals surface area (Å²) in [5.74, 6) is 0.680. The highest BCUT2D eigenvalue weighted by molar-refractivity contribution is 7.18. The van der Waals surface area contributed by atoms with Gasteiger partial charge >= 0.3 is 0 Å². The molecule has 2 aromatic rings. The van der Waals surface area contributed by atoms with Gasteiger partial charge in [-0.2, -0.15) is 0 Å². The number of rotatable bonds is 6. The summed E-state index contributed by atoms with van der Waals surface area (Å²) in [5.41, 5.74) is 1.14. The van der Waals surface area contributed by atoms with Gasteiger partial charge in [0.15, 0.2) is 0 Å². The molecule has 1 atom stereocenters. The summed E-state index contributed by atoms with van der Waals surface area (Å²) in [7, 11) is 0. The predicted octanol–water partition coefficient (Wildman–Crippen LogP) is 3.86. The van der Waals surface area contributed by atoms with Crippen molar-refractivity contribution < 1.29 is 0 Å². The van der Waals surface area contributed by atoms with Crippen molar-refractivity contribution in [1.82, 2.24) is 10.3 Å². The van der Waals surface area contributed by atoms with Gasteiger partial charge in [-0.25, -0.2) is 4.98 Å². The van der Waals surface area contributed by atoms with E-state index in [1.165, 1.54) is 16.1 Å². The Labute approximate surface area is 113 Å². The summed E-state index contributed by atoms with van der Waals surface area (Å²) >= 11 is 1.83. The topological polar surface area (TPSA) is 24.9 Å². The van der Waals surface area contributed by atoms with E-state index in [1.807, 2.05) is 11.3 Å². The molecule has 0 saturated carbocycles. The zero-order chi connectivity index (χ0) is 13.0. The van der Waals surface area contributed by atoms with Crippen molar-refractivity contribution in [3.63, 3.8) is 0 Å². The number of benzene rings is 1. The van der Waals surface area contributed by atoms with E-state index in [0.717, 1.165) is 18.5 Å². The second-order valence-electron chi connectivity index (χ2n) is 5.02. The van der Waals surface area contributed by atoms with Crippen molar-refractivity contribution in [2.75, 3.05) is 6.54 Å². The first-order valence-corrected chi connectivity index (χ1v) is 7.60. The third kappa shape index (κ3) is 3.30. The molecule has 0 aliphatic heterocycles. The summed E-state index contributed by atoms with van der Waals surface area (Å²) in [6.07, 6.45) is 2.25. The molecule has 0 bridgehead atoms. The first-order chi connectivity index (χ1) is 8.70. The van der Waals surface area contributed by atoms with Crippen LogP contribution in [0.1, 0.15) is 32.2 Å². The van der Waals surface area contributed by atoms with Crippen molar-refractivity contribution >= 4 is 21.6 Å². The number of nitrogens with zero attached hydrogens (tertiary/aromatic N) is 1. The summed E-state index contributed by atoms with van der Waals surface area (Å²) in [6, 6.07) is 8.99. The minimum atomic E-state index is 0.599. The Morgan fingerprint density at radius 2 is 2.06 bits per heavy atom. The molecule has 0 aliphatic carbocycles. The minimum Gasteiger partial charge on any atom is -0.314 e. The lowest BCUT2D eigenvalue weighted by Crippen LogP contribution is -2.34. The van der Waals surface area contributed by atoms with Crippen LogP contribution in [0, 0.1) is 5.92 Å². The van der Waals surface area contributed by atoms with Gasteiger partial charge in [0, 0.05) is 12.5 Å². The smallest absolute Gasteiger partial charge is 0.0939 e. The average Bonchev–Trinajstić information content (AvgIpc) is 2.76. The van der Waals surface area contributed by atoms with Gasteiger partial charge in [0.05, 0.1) is 15.2 Å². The van der Waals surface area contributed by atoms with Gasteiger partial charge < -0.3 is 5.32 Å². The standard InChI is InChI=1S/C15H22N2S/c1-4-16-12(11(2)3)9-10-15-17-13-7-5-6-8-14(13)18-15/h5-8,11-12,16H,4,9-10H2,1-3H3. The molecule has 1 unspecified atom stereocenters. The second-order valence-corrected chi connectivity index (χ2v) is 6.14. The van der Waals surface area contributed by atoms with Crippen LogP contribution >= 0.6 is 11.3 Å². The zero-order valence-electron chi connectivity index (χ0n) is 11.4. The molecule has 0 saturated heterocycles. The third-order valence-corrected chi connectivity index (χ3v) is 4.37. The fraction of sp³-hybridized carbons (Fsp3) is 0.533. The SMILES string of the molecule is CCNC(CCc1nc2ccccc2s1)C(C)C. The highest BCUT2D eigenvalue weighted by Crippen LogP contribution is 2.23. The first kappa shape index (κ1) is 13.5. The number of fused-ring (bicyclic) bond motifs is 1. The van der Waals surface area contributed by atoms with Crippen molar-refractivity contribution in [3.05, 3.63) is 29.3 Å². The lowest BCUT2D eigenvalue weighted by molar-refractivity contribution is 0.385. The number of thiazole rings is 1. The maximum absolute atomic E-state index is 4.69. The number of para-hydroxylation sites is 1. The summed E-state index contributed by atoms with van der Waals surface area (Å²) in [5, 5.41) is 4.83. The fourth-order valence-electron chi connectivity index (χ4n) is 2.24. The monoisotopic (exact) mass is 262 g/mol. The highest BCUT2D eigenvalue weighted by Gasteiger charge is 2.13. The van der Waals surface area contributed by atoms with Crippen LogP contribution in [0.25, 0.3) is 10.2 Å². The van der Waals surface area contributed by atoms with E-state index in [1.54, 1.807) is 0 Å². The van der Waals surface area contributed by atoms with Crippen LogP contribution in [0.3, 0.4) is 0 Å². The summed E-state index contributed by atoms with van der Waals surface area (Å²) in [6.45, 7) is 7.78. The number of aryl methyl sites for hydroxylation is 1. The Morgan fingerprint density at radius 3 is 2.72 bits per heavy atom. The molecule has 0 amide bonds. The second kappa shape index (κ2) is 6.30. The summed E-state index contributed by atoms with van der Waals surface area (Å²) in [4.78, 5) is 4.69. The van der Waals surface area contributed by atoms with Crippen LogP contribution in [-0.4, -0.2) is 17.6 Å². The normalized spacial score (nSPS) is 13.3. The van der Waals surface area contributed by atoms with E-state index in [9.17, 15) is 0 Å². The van der Waals surface area contributed by atoms with E-state index < -0.39 is 0 Å².